The van der Waals surface area contributed by atoms with Gasteiger partial charge in [0, 0.05) is 12.0 Å². The van der Waals surface area contributed by atoms with E-state index in [2.05, 4.69) is 29.8 Å². The standard InChI is InChI=1S/C19H17NO/c1-2-10-17-20-18(15-11-8-5-9-12-15)19(21-17)16-13-6-3-4-7-14-16/h3-9,11-13H,2,10H2,1H3. The van der Waals surface area contributed by atoms with Gasteiger partial charge in [-0.25, -0.2) is 4.98 Å². The van der Waals surface area contributed by atoms with Crippen molar-refractivity contribution in [3.8, 4) is 11.3 Å². The largest absolute Gasteiger partial charge is 0.439 e. The van der Waals surface area contributed by atoms with Gasteiger partial charge in [0.2, 0.25) is 0 Å². The van der Waals surface area contributed by atoms with Gasteiger partial charge in [-0.05, 0) is 18.6 Å². The van der Waals surface area contributed by atoms with Gasteiger partial charge in [-0.1, -0.05) is 55.5 Å². The first-order valence-electron chi connectivity index (χ1n) is 7.24. The Morgan fingerprint density at radius 2 is 1.95 bits per heavy atom. The molecule has 0 saturated heterocycles. The molecule has 2 nitrogen and oxygen atoms in total. The molecule has 0 N–H and O–H groups in total. The minimum absolute atomic E-state index is 0.784. The molecule has 0 atom stereocenters. The quantitative estimate of drug-likeness (QED) is 0.737. The summed E-state index contributed by atoms with van der Waals surface area (Å²) in [6, 6.07) is 10.1. The van der Waals surface area contributed by atoms with E-state index in [0.717, 1.165) is 41.3 Å². The van der Waals surface area contributed by atoms with E-state index in [-0.39, 0.29) is 0 Å². The first-order chi connectivity index (χ1) is 10.4. The summed E-state index contributed by atoms with van der Waals surface area (Å²) in [5.41, 5.74) is 6.13. The second-order valence-corrected chi connectivity index (χ2v) is 4.87. The van der Waals surface area contributed by atoms with Crippen molar-refractivity contribution in [1.82, 2.24) is 4.98 Å². The van der Waals surface area contributed by atoms with Crippen LogP contribution in [0, 0.1) is 0 Å². The summed E-state index contributed by atoms with van der Waals surface area (Å²) in [6.07, 6.45) is 11.7. The van der Waals surface area contributed by atoms with Crippen molar-refractivity contribution in [2.75, 3.05) is 0 Å². The van der Waals surface area contributed by atoms with Crippen LogP contribution in [0.2, 0.25) is 0 Å². The lowest BCUT2D eigenvalue weighted by atomic mass is 10.1. The number of aromatic nitrogens is 1. The Labute approximate surface area is 124 Å². The van der Waals surface area contributed by atoms with Crippen molar-refractivity contribution in [1.29, 1.82) is 0 Å². The molecule has 2 aromatic rings. The molecule has 0 bridgehead atoms. The Morgan fingerprint density at radius 3 is 2.76 bits per heavy atom. The molecule has 0 radical (unpaired) electrons. The summed E-state index contributed by atoms with van der Waals surface area (Å²) in [5.74, 6) is 1.58. The van der Waals surface area contributed by atoms with Crippen LogP contribution in [0.3, 0.4) is 0 Å². The first kappa shape index (κ1) is 13.4. The van der Waals surface area contributed by atoms with E-state index in [1.807, 2.05) is 48.6 Å². The predicted molar refractivity (Wildman–Crippen MR) is 85.7 cm³/mol. The fourth-order valence-electron chi connectivity index (χ4n) is 2.26. The number of nitrogens with zero attached hydrogens (tertiary/aromatic N) is 1. The Hall–Kier alpha value is -2.57. The van der Waals surface area contributed by atoms with E-state index >= 15 is 0 Å². The lowest BCUT2D eigenvalue weighted by Gasteiger charge is -1.99. The summed E-state index contributed by atoms with van der Waals surface area (Å²) in [5, 5.41) is 0. The highest BCUT2D eigenvalue weighted by atomic mass is 16.4. The zero-order valence-electron chi connectivity index (χ0n) is 12.0. The highest BCUT2D eigenvalue weighted by Gasteiger charge is 2.17. The molecule has 0 fully saturated rings. The number of allylic oxidation sites excluding steroid dienone is 5. The highest BCUT2D eigenvalue weighted by molar-refractivity contribution is 5.81. The number of benzene rings is 1. The summed E-state index contributed by atoms with van der Waals surface area (Å²) < 4.78 is 5.99. The fraction of sp³-hybridized carbons (Fsp3) is 0.158. The van der Waals surface area contributed by atoms with Gasteiger partial charge < -0.3 is 4.42 Å². The van der Waals surface area contributed by atoms with E-state index in [1.165, 1.54) is 0 Å². The zero-order chi connectivity index (χ0) is 14.5. The number of aryl methyl sites for hydroxylation is 1. The van der Waals surface area contributed by atoms with Crippen LogP contribution < -0.4 is 0 Å². The predicted octanol–water partition coefficient (Wildman–Crippen LogP) is 4.96. The second kappa shape index (κ2) is 6.25. The minimum atomic E-state index is 0.784. The number of hydrogen-bond acceptors (Lipinski definition) is 2. The Kier molecular flexibility index (Phi) is 3.99. The van der Waals surface area contributed by atoms with Crippen molar-refractivity contribution < 1.29 is 4.42 Å². The summed E-state index contributed by atoms with van der Waals surface area (Å²) >= 11 is 0. The van der Waals surface area contributed by atoms with E-state index in [0.29, 0.717) is 0 Å². The smallest absolute Gasteiger partial charge is 0.195 e. The van der Waals surface area contributed by atoms with Gasteiger partial charge in [0.15, 0.2) is 11.7 Å². The molecular formula is C19H17NO. The van der Waals surface area contributed by atoms with Crippen molar-refractivity contribution >= 4 is 5.57 Å². The molecule has 0 unspecified atom stereocenters. The van der Waals surface area contributed by atoms with Gasteiger partial charge in [-0.3, -0.25) is 0 Å². The van der Waals surface area contributed by atoms with Crippen molar-refractivity contribution in [2.24, 2.45) is 0 Å². The van der Waals surface area contributed by atoms with Crippen LogP contribution in [-0.2, 0) is 6.42 Å². The molecule has 3 rings (SSSR count). The van der Waals surface area contributed by atoms with E-state index < -0.39 is 0 Å². The van der Waals surface area contributed by atoms with Gasteiger partial charge in [0.25, 0.3) is 0 Å². The first-order valence-corrected chi connectivity index (χ1v) is 7.24. The number of rotatable bonds is 4. The summed E-state index contributed by atoms with van der Waals surface area (Å²) in [4.78, 5) is 4.68. The third-order valence-electron chi connectivity index (χ3n) is 3.25. The molecule has 0 amide bonds. The normalized spacial score (nSPS) is 13.3. The van der Waals surface area contributed by atoms with E-state index in [9.17, 15) is 0 Å². The molecule has 0 saturated carbocycles. The Balaban J connectivity index is 2.12. The van der Waals surface area contributed by atoms with E-state index in [4.69, 9.17) is 4.42 Å². The van der Waals surface area contributed by atoms with Gasteiger partial charge in [0.1, 0.15) is 5.69 Å². The molecular weight excluding hydrogens is 258 g/mol. The summed E-state index contributed by atoms with van der Waals surface area (Å²) in [6.45, 7) is 2.13. The minimum Gasteiger partial charge on any atom is -0.439 e. The average Bonchev–Trinajstić information content (AvgIpc) is 2.76. The van der Waals surface area contributed by atoms with Crippen molar-refractivity contribution in [3.63, 3.8) is 0 Å². The van der Waals surface area contributed by atoms with Crippen molar-refractivity contribution in [2.45, 2.75) is 19.8 Å². The third kappa shape index (κ3) is 2.96. The maximum absolute atomic E-state index is 5.99. The molecule has 2 heteroatoms. The highest BCUT2D eigenvalue weighted by Crippen LogP contribution is 2.30. The average molecular weight is 275 g/mol. The fourth-order valence-corrected chi connectivity index (χ4v) is 2.26. The molecule has 0 aliphatic heterocycles. The van der Waals surface area contributed by atoms with Crippen LogP contribution in [-0.4, -0.2) is 4.98 Å². The second-order valence-electron chi connectivity index (χ2n) is 4.87. The number of oxazole rings is 1. The molecule has 21 heavy (non-hydrogen) atoms. The van der Waals surface area contributed by atoms with Gasteiger partial charge >= 0.3 is 0 Å². The zero-order valence-corrected chi connectivity index (χ0v) is 12.0. The number of hydrogen-bond donors (Lipinski definition) is 0. The Bertz CT molecular complexity index is 741. The molecule has 1 aromatic carbocycles. The van der Waals surface area contributed by atoms with Crippen LogP contribution in [0.1, 0.15) is 25.0 Å². The SMILES string of the molecule is CCCc1nc(-c2ccccc2)c(C2=C=CC=CC=C2)o1. The topological polar surface area (TPSA) is 26.0 Å². The third-order valence-corrected chi connectivity index (χ3v) is 3.25. The maximum atomic E-state index is 5.99. The van der Waals surface area contributed by atoms with Crippen LogP contribution >= 0.6 is 0 Å². The van der Waals surface area contributed by atoms with Crippen molar-refractivity contribution in [3.05, 3.63) is 78.1 Å². The van der Waals surface area contributed by atoms with Crippen LogP contribution in [0.5, 0.6) is 0 Å². The Morgan fingerprint density at radius 1 is 1.10 bits per heavy atom. The van der Waals surface area contributed by atoms with Crippen LogP contribution in [0.4, 0.5) is 0 Å². The van der Waals surface area contributed by atoms with E-state index in [1.54, 1.807) is 0 Å². The van der Waals surface area contributed by atoms with Crippen LogP contribution in [0.15, 0.2) is 70.9 Å². The lowest BCUT2D eigenvalue weighted by Crippen LogP contribution is -1.84. The molecule has 1 aromatic heterocycles. The van der Waals surface area contributed by atoms with Gasteiger partial charge in [-0.15, -0.1) is 5.73 Å². The maximum Gasteiger partial charge on any atom is 0.195 e. The molecule has 1 aliphatic carbocycles. The van der Waals surface area contributed by atoms with Gasteiger partial charge in [-0.2, -0.15) is 0 Å². The molecule has 0 spiro atoms. The van der Waals surface area contributed by atoms with Crippen LogP contribution in [0.25, 0.3) is 16.8 Å². The molecule has 104 valence electrons. The van der Waals surface area contributed by atoms with Gasteiger partial charge in [0.05, 0.1) is 5.57 Å². The molecule has 1 heterocycles. The monoisotopic (exact) mass is 275 g/mol. The molecule has 1 aliphatic rings. The summed E-state index contributed by atoms with van der Waals surface area (Å²) in [7, 11) is 0. The lowest BCUT2D eigenvalue weighted by molar-refractivity contribution is 0.483.